The Kier molecular flexibility index (Phi) is 5.36. The van der Waals surface area contributed by atoms with Gasteiger partial charge in [0.05, 0.1) is 25.2 Å². The highest BCUT2D eigenvalue weighted by Gasteiger charge is 2.34. The molecule has 142 valence electrons. The number of rotatable bonds is 5. The molecule has 0 N–H and O–H groups in total. The molecule has 0 radical (unpaired) electrons. The number of amides is 1. The van der Waals surface area contributed by atoms with Gasteiger partial charge in [0.1, 0.15) is 11.8 Å². The first kappa shape index (κ1) is 17.9. The molecular weight excluding hydrogens is 342 g/mol. The average Bonchev–Trinajstić information content (AvgIpc) is 3.37. The molecule has 6 heteroatoms. The van der Waals surface area contributed by atoms with E-state index in [1.807, 2.05) is 12.1 Å². The van der Waals surface area contributed by atoms with Crippen molar-refractivity contribution in [3.8, 4) is 0 Å². The molecule has 1 aromatic carbocycles. The molecule has 2 aliphatic heterocycles. The number of aryl methyl sites for hydroxylation is 1. The lowest BCUT2D eigenvalue weighted by atomic mass is 10.0. The molecule has 4 rings (SSSR count). The normalized spacial score (nSPS) is 20.7. The predicted octanol–water partition coefficient (Wildman–Crippen LogP) is 2.99. The van der Waals surface area contributed by atoms with Gasteiger partial charge in [-0.05, 0) is 24.6 Å². The number of carbonyl (C=O) groups is 1. The summed E-state index contributed by atoms with van der Waals surface area (Å²) in [6, 6.07) is 11.9. The zero-order valence-electron chi connectivity index (χ0n) is 15.6. The highest BCUT2D eigenvalue weighted by molar-refractivity contribution is 6.03. The molecule has 0 bridgehead atoms. The van der Waals surface area contributed by atoms with Crippen LogP contribution < -0.4 is 0 Å². The number of nitrogens with zero attached hydrogens (tertiary/aromatic N) is 3. The quantitative estimate of drug-likeness (QED) is 0.815. The van der Waals surface area contributed by atoms with E-state index < -0.39 is 0 Å². The Hall–Kier alpha value is -2.44. The SMILES string of the molecule is Cc1ccc(C2=NN(C(=O)CCN3CCOCC3)[C@@H](c3ccco3)C2)cc1. The Labute approximate surface area is 159 Å². The van der Waals surface area contributed by atoms with Gasteiger partial charge in [0.2, 0.25) is 5.91 Å². The molecule has 1 saturated heterocycles. The number of ether oxygens (including phenoxy) is 1. The standard InChI is InChI=1S/C21H25N3O3/c1-16-4-6-17(7-5-16)18-15-19(20-3-2-12-27-20)24(22-18)21(25)8-9-23-10-13-26-14-11-23/h2-7,12,19H,8-11,13-15H2,1H3/t19-/m1/s1. The van der Waals surface area contributed by atoms with Crippen LogP contribution in [0, 0.1) is 6.92 Å². The molecule has 0 aliphatic carbocycles. The predicted molar refractivity (Wildman–Crippen MR) is 103 cm³/mol. The van der Waals surface area contributed by atoms with Crippen LogP contribution in [0.2, 0.25) is 0 Å². The van der Waals surface area contributed by atoms with Gasteiger partial charge in [-0.25, -0.2) is 5.01 Å². The zero-order valence-corrected chi connectivity index (χ0v) is 15.6. The van der Waals surface area contributed by atoms with E-state index in [4.69, 9.17) is 9.15 Å². The second kappa shape index (κ2) is 8.06. The highest BCUT2D eigenvalue weighted by atomic mass is 16.5. The minimum absolute atomic E-state index is 0.0324. The van der Waals surface area contributed by atoms with Crippen molar-refractivity contribution in [3.63, 3.8) is 0 Å². The average molecular weight is 367 g/mol. The van der Waals surface area contributed by atoms with Gasteiger partial charge in [0.15, 0.2) is 0 Å². The maximum atomic E-state index is 12.9. The lowest BCUT2D eigenvalue weighted by molar-refractivity contribution is -0.134. The first-order valence-electron chi connectivity index (χ1n) is 9.51. The van der Waals surface area contributed by atoms with E-state index in [2.05, 4.69) is 41.2 Å². The van der Waals surface area contributed by atoms with E-state index in [9.17, 15) is 4.79 Å². The van der Waals surface area contributed by atoms with Gasteiger partial charge >= 0.3 is 0 Å². The van der Waals surface area contributed by atoms with Crippen LogP contribution in [-0.2, 0) is 9.53 Å². The first-order chi connectivity index (χ1) is 13.2. The fourth-order valence-corrected chi connectivity index (χ4v) is 3.56. The number of hydrazone groups is 1. The van der Waals surface area contributed by atoms with E-state index in [0.29, 0.717) is 12.8 Å². The van der Waals surface area contributed by atoms with Crippen LogP contribution in [0.15, 0.2) is 52.2 Å². The van der Waals surface area contributed by atoms with Crippen molar-refractivity contribution in [3.05, 3.63) is 59.5 Å². The zero-order chi connectivity index (χ0) is 18.6. The molecule has 1 atom stereocenters. The van der Waals surface area contributed by atoms with Crippen molar-refractivity contribution >= 4 is 11.6 Å². The minimum atomic E-state index is -0.173. The van der Waals surface area contributed by atoms with E-state index >= 15 is 0 Å². The van der Waals surface area contributed by atoms with Gasteiger partial charge in [-0.2, -0.15) is 5.10 Å². The second-order valence-corrected chi connectivity index (χ2v) is 7.09. The van der Waals surface area contributed by atoms with Crippen molar-refractivity contribution in [2.24, 2.45) is 5.10 Å². The van der Waals surface area contributed by atoms with Crippen LogP contribution in [0.25, 0.3) is 0 Å². The largest absolute Gasteiger partial charge is 0.467 e. The Morgan fingerprint density at radius 3 is 2.67 bits per heavy atom. The van der Waals surface area contributed by atoms with E-state index in [-0.39, 0.29) is 11.9 Å². The third-order valence-corrected chi connectivity index (χ3v) is 5.17. The monoisotopic (exact) mass is 367 g/mol. The number of hydrogen-bond acceptors (Lipinski definition) is 5. The summed E-state index contributed by atoms with van der Waals surface area (Å²) in [5, 5.41) is 6.31. The molecule has 0 unspecified atom stereocenters. The molecular formula is C21H25N3O3. The van der Waals surface area contributed by atoms with Gasteiger partial charge in [-0.15, -0.1) is 0 Å². The number of hydrogen-bond donors (Lipinski definition) is 0. The Morgan fingerprint density at radius 1 is 1.19 bits per heavy atom. The van der Waals surface area contributed by atoms with Crippen LogP contribution >= 0.6 is 0 Å². The molecule has 2 aliphatic rings. The number of furan rings is 1. The smallest absolute Gasteiger partial charge is 0.244 e. The lowest BCUT2D eigenvalue weighted by Crippen LogP contribution is -2.39. The summed E-state index contributed by atoms with van der Waals surface area (Å²) in [4.78, 5) is 15.2. The summed E-state index contributed by atoms with van der Waals surface area (Å²) < 4.78 is 11.0. The minimum Gasteiger partial charge on any atom is -0.467 e. The highest BCUT2D eigenvalue weighted by Crippen LogP contribution is 2.33. The van der Waals surface area contributed by atoms with E-state index in [1.54, 1.807) is 11.3 Å². The van der Waals surface area contributed by atoms with Crippen LogP contribution in [-0.4, -0.2) is 54.4 Å². The summed E-state index contributed by atoms with van der Waals surface area (Å²) in [6.45, 7) is 6.04. The van der Waals surface area contributed by atoms with Crippen molar-refractivity contribution in [1.82, 2.24) is 9.91 Å². The van der Waals surface area contributed by atoms with Crippen LogP contribution in [0.1, 0.15) is 35.8 Å². The Morgan fingerprint density at radius 2 is 1.96 bits per heavy atom. The summed E-state index contributed by atoms with van der Waals surface area (Å²) in [5.74, 6) is 0.811. The van der Waals surface area contributed by atoms with Crippen molar-refractivity contribution in [2.45, 2.75) is 25.8 Å². The van der Waals surface area contributed by atoms with Crippen LogP contribution in [0.3, 0.4) is 0 Å². The second-order valence-electron chi connectivity index (χ2n) is 7.09. The molecule has 0 spiro atoms. The van der Waals surface area contributed by atoms with Gasteiger partial charge in [-0.1, -0.05) is 29.8 Å². The Balaban J connectivity index is 1.50. The maximum absolute atomic E-state index is 12.9. The van der Waals surface area contributed by atoms with Crippen LogP contribution in [0.4, 0.5) is 0 Å². The fraction of sp³-hybridized carbons (Fsp3) is 0.429. The number of carbonyl (C=O) groups excluding carboxylic acids is 1. The summed E-state index contributed by atoms with van der Waals surface area (Å²) >= 11 is 0. The molecule has 2 aromatic rings. The molecule has 3 heterocycles. The number of benzene rings is 1. The van der Waals surface area contributed by atoms with E-state index in [0.717, 1.165) is 49.9 Å². The molecule has 1 amide bonds. The van der Waals surface area contributed by atoms with Crippen molar-refractivity contribution < 1.29 is 13.9 Å². The molecule has 1 aromatic heterocycles. The Bertz CT molecular complexity index is 793. The van der Waals surface area contributed by atoms with Crippen molar-refractivity contribution in [1.29, 1.82) is 0 Å². The number of morpholine rings is 1. The van der Waals surface area contributed by atoms with Gasteiger partial charge in [0, 0.05) is 32.5 Å². The third-order valence-electron chi connectivity index (χ3n) is 5.17. The maximum Gasteiger partial charge on any atom is 0.244 e. The van der Waals surface area contributed by atoms with Gasteiger partial charge in [0.25, 0.3) is 0 Å². The van der Waals surface area contributed by atoms with Gasteiger partial charge in [-0.3, -0.25) is 9.69 Å². The summed E-state index contributed by atoms with van der Waals surface area (Å²) in [7, 11) is 0. The van der Waals surface area contributed by atoms with E-state index in [1.165, 1.54) is 5.56 Å². The lowest BCUT2D eigenvalue weighted by Gasteiger charge is -2.27. The summed E-state index contributed by atoms with van der Waals surface area (Å²) in [5.41, 5.74) is 3.19. The molecule has 1 fully saturated rings. The molecule has 27 heavy (non-hydrogen) atoms. The topological polar surface area (TPSA) is 58.3 Å². The van der Waals surface area contributed by atoms with Crippen LogP contribution in [0.5, 0.6) is 0 Å². The van der Waals surface area contributed by atoms with Crippen molar-refractivity contribution in [2.75, 3.05) is 32.8 Å². The molecule has 0 saturated carbocycles. The summed E-state index contributed by atoms with van der Waals surface area (Å²) in [6.07, 6.45) is 2.76. The third kappa shape index (κ3) is 4.12. The fourth-order valence-electron chi connectivity index (χ4n) is 3.56. The molecule has 6 nitrogen and oxygen atoms in total. The van der Waals surface area contributed by atoms with Gasteiger partial charge < -0.3 is 9.15 Å². The first-order valence-corrected chi connectivity index (χ1v) is 9.51.